The summed E-state index contributed by atoms with van der Waals surface area (Å²) in [5, 5.41) is 2.81. The normalized spacial score (nSPS) is 11.1. The van der Waals surface area contributed by atoms with Crippen LogP contribution in [0.4, 0.5) is 0 Å². The maximum Gasteiger partial charge on any atom is 0.264 e. The Hall–Kier alpha value is -0.990. The molecule has 0 amide bonds. The summed E-state index contributed by atoms with van der Waals surface area (Å²) in [6, 6.07) is 2.05. The molecule has 0 aliphatic rings. The molecule has 1 N–H and O–H groups in total. The molecule has 0 unspecified atom stereocenters. The number of aromatic nitrogens is 2. The highest BCUT2D eigenvalue weighted by Crippen LogP contribution is 2.08. The van der Waals surface area contributed by atoms with E-state index in [-0.39, 0.29) is 5.56 Å². The highest BCUT2D eigenvalue weighted by atomic mass is 16.1. The number of hydrogen-bond donors (Lipinski definition) is 1. The number of nitrogens with zero attached hydrogens (tertiary/aromatic N) is 1. The molecular formula is C10H18N2O. The van der Waals surface area contributed by atoms with Crippen LogP contribution in [0.5, 0.6) is 0 Å². The number of rotatable bonds is 4. The third kappa shape index (κ3) is 2.47. The van der Waals surface area contributed by atoms with Gasteiger partial charge >= 0.3 is 0 Å². The summed E-state index contributed by atoms with van der Waals surface area (Å²) in [7, 11) is 0. The largest absolute Gasteiger partial charge is 0.287 e. The summed E-state index contributed by atoms with van der Waals surface area (Å²) in [4.78, 5) is 11.1. The summed E-state index contributed by atoms with van der Waals surface area (Å²) in [5.41, 5.74) is 1.14. The lowest BCUT2D eigenvalue weighted by Crippen LogP contribution is -2.10. The molecule has 0 saturated carbocycles. The molecule has 1 aromatic heterocycles. The van der Waals surface area contributed by atoms with Crippen LogP contribution in [0.3, 0.4) is 0 Å². The Morgan fingerprint density at radius 1 is 1.54 bits per heavy atom. The lowest BCUT2D eigenvalue weighted by molar-refractivity contribution is 0.501. The molecule has 3 heteroatoms. The Labute approximate surface area is 78.8 Å². The number of H-pyrrole nitrogens is 1. The first kappa shape index (κ1) is 10.1. The van der Waals surface area contributed by atoms with E-state index in [1.807, 2.05) is 4.68 Å². The smallest absolute Gasteiger partial charge is 0.264 e. The van der Waals surface area contributed by atoms with Crippen molar-refractivity contribution in [3.63, 3.8) is 0 Å². The van der Waals surface area contributed by atoms with Crippen molar-refractivity contribution >= 4 is 0 Å². The molecule has 3 nitrogen and oxygen atoms in total. The molecule has 13 heavy (non-hydrogen) atoms. The second kappa shape index (κ2) is 4.30. The monoisotopic (exact) mass is 182 g/mol. The Balaban J connectivity index is 2.84. The Bertz CT molecular complexity index is 309. The van der Waals surface area contributed by atoms with Crippen molar-refractivity contribution in [3.05, 3.63) is 22.1 Å². The zero-order chi connectivity index (χ0) is 9.84. The minimum atomic E-state index is 0.0137. The van der Waals surface area contributed by atoms with Crippen LogP contribution in [-0.4, -0.2) is 9.78 Å². The standard InChI is InChI=1S/C10H18N2O/c1-4-5-6-9-7-10(13)11-12(9)8(2)3/h7-8H,4-6H2,1-3H3,(H,11,13). The van der Waals surface area contributed by atoms with Gasteiger partial charge in [-0.05, 0) is 26.7 Å². The van der Waals surface area contributed by atoms with Gasteiger partial charge in [-0.1, -0.05) is 13.3 Å². The van der Waals surface area contributed by atoms with Gasteiger partial charge < -0.3 is 0 Å². The van der Waals surface area contributed by atoms with Crippen LogP contribution in [0.15, 0.2) is 10.9 Å². The van der Waals surface area contributed by atoms with Gasteiger partial charge in [0.2, 0.25) is 0 Å². The van der Waals surface area contributed by atoms with E-state index in [1.165, 1.54) is 0 Å². The van der Waals surface area contributed by atoms with Crippen molar-refractivity contribution in [3.8, 4) is 0 Å². The topological polar surface area (TPSA) is 37.8 Å². The van der Waals surface area contributed by atoms with Gasteiger partial charge in [0.1, 0.15) is 0 Å². The fourth-order valence-electron chi connectivity index (χ4n) is 1.45. The highest BCUT2D eigenvalue weighted by Gasteiger charge is 2.05. The lowest BCUT2D eigenvalue weighted by atomic mass is 10.2. The van der Waals surface area contributed by atoms with Gasteiger partial charge in [0.05, 0.1) is 0 Å². The molecule has 74 valence electrons. The molecule has 0 bridgehead atoms. The Kier molecular flexibility index (Phi) is 3.34. The molecule has 0 aliphatic carbocycles. The van der Waals surface area contributed by atoms with Crippen LogP contribution < -0.4 is 5.56 Å². The molecule has 0 fully saturated rings. The van der Waals surface area contributed by atoms with E-state index >= 15 is 0 Å². The summed E-state index contributed by atoms with van der Waals surface area (Å²) in [5.74, 6) is 0. The van der Waals surface area contributed by atoms with E-state index in [4.69, 9.17) is 0 Å². The first-order chi connectivity index (χ1) is 6.15. The maximum absolute atomic E-state index is 11.1. The third-order valence-electron chi connectivity index (χ3n) is 2.14. The maximum atomic E-state index is 11.1. The number of aromatic amines is 1. The predicted molar refractivity (Wildman–Crippen MR) is 54.0 cm³/mol. The SMILES string of the molecule is CCCCc1cc(=O)[nH]n1C(C)C. The van der Waals surface area contributed by atoms with Crippen LogP contribution >= 0.6 is 0 Å². The van der Waals surface area contributed by atoms with E-state index < -0.39 is 0 Å². The van der Waals surface area contributed by atoms with Crippen molar-refractivity contribution in [2.24, 2.45) is 0 Å². The average Bonchev–Trinajstić information content (AvgIpc) is 2.43. The third-order valence-corrected chi connectivity index (χ3v) is 2.14. The van der Waals surface area contributed by atoms with Crippen LogP contribution in [0.2, 0.25) is 0 Å². The van der Waals surface area contributed by atoms with Crippen molar-refractivity contribution in [2.75, 3.05) is 0 Å². The van der Waals surface area contributed by atoms with Crippen molar-refractivity contribution in [1.82, 2.24) is 9.78 Å². The van der Waals surface area contributed by atoms with E-state index in [9.17, 15) is 4.79 Å². The van der Waals surface area contributed by atoms with Crippen LogP contribution in [0, 0.1) is 0 Å². The van der Waals surface area contributed by atoms with E-state index in [2.05, 4.69) is 25.9 Å². The number of nitrogens with one attached hydrogen (secondary N) is 1. The van der Waals surface area contributed by atoms with Gasteiger partial charge in [-0.3, -0.25) is 14.6 Å². The van der Waals surface area contributed by atoms with Crippen molar-refractivity contribution in [2.45, 2.75) is 46.1 Å². The summed E-state index contributed by atoms with van der Waals surface area (Å²) in [6.45, 7) is 6.31. The Morgan fingerprint density at radius 3 is 2.77 bits per heavy atom. The Morgan fingerprint density at radius 2 is 2.23 bits per heavy atom. The molecule has 0 saturated heterocycles. The average molecular weight is 182 g/mol. The van der Waals surface area contributed by atoms with Gasteiger partial charge in [0.15, 0.2) is 0 Å². The van der Waals surface area contributed by atoms with Crippen molar-refractivity contribution < 1.29 is 0 Å². The molecule has 0 spiro atoms. The van der Waals surface area contributed by atoms with Crippen LogP contribution in [-0.2, 0) is 6.42 Å². The fourth-order valence-corrected chi connectivity index (χ4v) is 1.45. The molecule has 0 aromatic carbocycles. The second-order valence-electron chi connectivity index (χ2n) is 3.68. The lowest BCUT2D eigenvalue weighted by Gasteiger charge is -2.11. The molecule has 1 aromatic rings. The minimum absolute atomic E-state index is 0.0137. The second-order valence-corrected chi connectivity index (χ2v) is 3.68. The number of hydrogen-bond acceptors (Lipinski definition) is 1. The van der Waals surface area contributed by atoms with Gasteiger partial charge in [-0.15, -0.1) is 0 Å². The fraction of sp³-hybridized carbons (Fsp3) is 0.700. The molecule has 0 atom stereocenters. The highest BCUT2D eigenvalue weighted by molar-refractivity contribution is 5.02. The number of aryl methyl sites for hydroxylation is 1. The summed E-state index contributed by atoms with van der Waals surface area (Å²) in [6.07, 6.45) is 3.30. The van der Waals surface area contributed by atoms with E-state index in [1.54, 1.807) is 6.07 Å². The molecule has 0 aliphatic heterocycles. The molecular weight excluding hydrogens is 164 g/mol. The zero-order valence-electron chi connectivity index (χ0n) is 8.63. The molecule has 1 rings (SSSR count). The summed E-state index contributed by atoms with van der Waals surface area (Å²) >= 11 is 0. The first-order valence-electron chi connectivity index (χ1n) is 4.95. The van der Waals surface area contributed by atoms with Gasteiger partial charge in [0, 0.05) is 17.8 Å². The van der Waals surface area contributed by atoms with Crippen LogP contribution in [0.1, 0.15) is 45.3 Å². The van der Waals surface area contributed by atoms with Gasteiger partial charge in [-0.25, -0.2) is 0 Å². The number of unbranched alkanes of at least 4 members (excludes halogenated alkanes) is 1. The first-order valence-corrected chi connectivity index (χ1v) is 4.95. The molecule has 0 radical (unpaired) electrons. The summed E-state index contributed by atoms with van der Waals surface area (Å²) < 4.78 is 1.96. The quantitative estimate of drug-likeness (QED) is 0.760. The zero-order valence-corrected chi connectivity index (χ0v) is 8.63. The molecule has 1 heterocycles. The van der Waals surface area contributed by atoms with Crippen LogP contribution in [0.25, 0.3) is 0 Å². The van der Waals surface area contributed by atoms with Gasteiger partial charge in [0.25, 0.3) is 5.56 Å². The predicted octanol–water partition coefficient (Wildman–Crippen LogP) is 2.10. The minimum Gasteiger partial charge on any atom is -0.287 e. The van der Waals surface area contributed by atoms with E-state index in [0.29, 0.717) is 6.04 Å². The van der Waals surface area contributed by atoms with Crippen molar-refractivity contribution in [1.29, 1.82) is 0 Å². The van der Waals surface area contributed by atoms with E-state index in [0.717, 1.165) is 25.0 Å². The van der Waals surface area contributed by atoms with Gasteiger partial charge in [-0.2, -0.15) is 0 Å².